The fourth-order valence-corrected chi connectivity index (χ4v) is 3.10. The molecule has 1 rings (SSSR count). The molecule has 0 radical (unpaired) electrons. The lowest BCUT2D eigenvalue weighted by molar-refractivity contribution is 0.178. The lowest BCUT2D eigenvalue weighted by Gasteiger charge is -2.30. The molecule has 0 aliphatic heterocycles. The Morgan fingerprint density at radius 3 is 2.18 bits per heavy atom. The van der Waals surface area contributed by atoms with E-state index in [4.69, 9.17) is 4.74 Å². The maximum absolute atomic E-state index is 5.78. The van der Waals surface area contributed by atoms with Crippen LogP contribution in [0.25, 0.3) is 0 Å². The molecule has 0 atom stereocenters. The summed E-state index contributed by atoms with van der Waals surface area (Å²) < 4.78 is 5.78. The van der Waals surface area contributed by atoms with Gasteiger partial charge in [0.1, 0.15) is 5.75 Å². The number of hydrogen-bond donors (Lipinski definition) is 2. The third kappa shape index (κ3) is 9.95. The van der Waals surface area contributed by atoms with Crippen molar-refractivity contribution in [3.63, 3.8) is 0 Å². The van der Waals surface area contributed by atoms with E-state index in [0.29, 0.717) is 12.1 Å². The van der Waals surface area contributed by atoms with Crippen LogP contribution in [0.15, 0.2) is 29.3 Å². The predicted molar refractivity (Wildman–Crippen MR) is 120 cm³/mol. The topological polar surface area (TPSA) is 52.1 Å². The van der Waals surface area contributed by atoms with Crippen LogP contribution in [0.5, 0.6) is 5.75 Å². The molecule has 0 saturated carbocycles. The average molecular weight is 392 g/mol. The Morgan fingerprint density at radius 2 is 1.64 bits per heavy atom. The van der Waals surface area contributed by atoms with Gasteiger partial charge >= 0.3 is 0 Å². The summed E-state index contributed by atoms with van der Waals surface area (Å²) in [5.74, 6) is 1.75. The zero-order chi connectivity index (χ0) is 20.9. The van der Waals surface area contributed by atoms with Gasteiger partial charge in [-0.1, -0.05) is 12.1 Å². The van der Waals surface area contributed by atoms with E-state index in [-0.39, 0.29) is 0 Å². The Kier molecular flexibility index (Phi) is 11.6. The number of nitrogens with zero attached hydrogens (tertiary/aromatic N) is 3. The highest BCUT2D eigenvalue weighted by Crippen LogP contribution is 2.12. The Balaban J connectivity index is 2.35. The zero-order valence-corrected chi connectivity index (χ0v) is 19.0. The van der Waals surface area contributed by atoms with Gasteiger partial charge in [-0.2, -0.15) is 0 Å². The van der Waals surface area contributed by atoms with Crippen molar-refractivity contribution in [2.75, 3.05) is 47.4 Å². The lowest BCUT2D eigenvalue weighted by Crippen LogP contribution is -2.45. The normalized spacial score (nSPS) is 12.3. The number of benzene rings is 1. The quantitative estimate of drug-likeness (QED) is 0.326. The minimum absolute atomic E-state index is 0.542. The molecule has 1 aromatic rings. The summed E-state index contributed by atoms with van der Waals surface area (Å²) in [6.45, 7) is 13.3. The molecule has 28 heavy (non-hydrogen) atoms. The van der Waals surface area contributed by atoms with Crippen LogP contribution in [0.1, 0.15) is 39.7 Å². The molecule has 6 nitrogen and oxygen atoms in total. The molecule has 6 heteroatoms. The molecule has 0 spiro atoms. The van der Waals surface area contributed by atoms with Gasteiger partial charge in [0.05, 0.1) is 6.61 Å². The Hall–Kier alpha value is -1.79. The molecule has 0 saturated heterocycles. The number of ether oxygens (including phenoxy) is 1. The molecule has 0 aromatic heterocycles. The van der Waals surface area contributed by atoms with E-state index in [9.17, 15) is 0 Å². The van der Waals surface area contributed by atoms with Crippen molar-refractivity contribution in [1.29, 1.82) is 0 Å². The van der Waals surface area contributed by atoms with Crippen LogP contribution in [0.2, 0.25) is 0 Å². The van der Waals surface area contributed by atoms with E-state index in [1.165, 1.54) is 5.56 Å². The van der Waals surface area contributed by atoms with Crippen LogP contribution in [-0.4, -0.2) is 75.2 Å². The smallest absolute Gasteiger partial charge is 0.191 e. The van der Waals surface area contributed by atoms with Crippen molar-refractivity contribution >= 4 is 5.96 Å². The van der Waals surface area contributed by atoms with Gasteiger partial charge in [0.25, 0.3) is 0 Å². The van der Waals surface area contributed by atoms with Crippen molar-refractivity contribution in [2.24, 2.45) is 4.99 Å². The van der Waals surface area contributed by atoms with Crippen LogP contribution in [0.3, 0.4) is 0 Å². The Morgan fingerprint density at radius 1 is 1.00 bits per heavy atom. The van der Waals surface area contributed by atoms with Crippen LogP contribution < -0.4 is 15.4 Å². The summed E-state index contributed by atoms with van der Waals surface area (Å²) in [5, 5.41) is 6.78. The second-order valence-corrected chi connectivity index (χ2v) is 7.93. The van der Waals surface area contributed by atoms with Gasteiger partial charge in [0, 0.05) is 45.3 Å². The standard InChI is InChI=1S/C22H41N5O/c1-18(2)27(19(3)4)15-13-24-22(23-5)25-17-20-9-11-21(12-10-20)28-16-8-14-26(6)7/h9-12,18-19H,8,13-17H2,1-7H3,(H2,23,24,25). The van der Waals surface area contributed by atoms with Gasteiger partial charge in [0.15, 0.2) is 5.96 Å². The largest absolute Gasteiger partial charge is 0.494 e. The molecule has 2 N–H and O–H groups in total. The molecule has 0 bridgehead atoms. The van der Waals surface area contributed by atoms with Gasteiger partial charge in [-0.05, 0) is 65.9 Å². The molecule has 0 heterocycles. The van der Waals surface area contributed by atoms with Gasteiger partial charge < -0.3 is 20.3 Å². The van der Waals surface area contributed by atoms with Crippen molar-refractivity contribution in [3.8, 4) is 5.75 Å². The number of nitrogens with one attached hydrogen (secondary N) is 2. The summed E-state index contributed by atoms with van der Waals surface area (Å²) >= 11 is 0. The minimum atomic E-state index is 0.542. The minimum Gasteiger partial charge on any atom is -0.494 e. The highest BCUT2D eigenvalue weighted by molar-refractivity contribution is 5.79. The SMILES string of the molecule is CN=C(NCCN(C(C)C)C(C)C)NCc1ccc(OCCCN(C)C)cc1. The number of aliphatic imine (C=N–C) groups is 1. The fraction of sp³-hybridized carbons (Fsp3) is 0.682. The number of hydrogen-bond acceptors (Lipinski definition) is 4. The summed E-state index contributed by atoms with van der Waals surface area (Å²) in [4.78, 5) is 8.96. The third-order valence-electron chi connectivity index (χ3n) is 4.61. The number of guanidine groups is 1. The predicted octanol–water partition coefficient (Wildman–Crippen LogP) is 2.80. The van der Waals surface area contributed by atoms with E-state index in [2.05, 4.69) is 79.3 Å². The van der Waals surface area contributed by atoms with Gasteiger partial charge in [0.2, 0.25) is 0 Å². The van der Waals surface area contributed by atoms with E-state index in [1.807, 2.05) is 19.2 Å². The average Bonchev–Trinajstić information content (AvgIpc) is 2.64. The summed E-state index contributed by atoms with van der Waals surface area (Å²) in [6, 6.07) is 9.35. The first kappa shape index (κ1) is 24.2. The zero-order valence-electron chi connectivity index (χ0n) is 19.0. The third-order valence-corrected chi connectivity index (χ3v) is 4.61. The van der Waals surface area contributed by atoms with Crippen molar-refractivity contribution in [1.82, 2.24) is 20.4 Å². The molecule has 0 fully saturated rings. The molecule has 0 aliphatic rings. The van der Waals surface area contributed by atoms with Crippen LogP contribution >= 0.6 is 0 Å². The van der Waals surface area contributed by atoms with E-state index < -0.39 is 0 Å². The molecular weight excluding hydrogens is 350 g/mol. The monoisotopic (exact) mass is 391 g/mol. The Bertz CT molecular complexity index is 547. The van der Waals surface area contributed by atoms with Gasteiger partial charge in [-0.3, -0.25) is 9.89 Å². The maximum atomic E-state index is 5.78. The Labute approximate surface area is 172 Å². The molecule has 0 amide bonds. The number of rotatable bonds is 12. The van der Waals surface area contributed by atoms with Crippen LogP contribution in [0.4, 0.5) is 0 Å². The molecule has 0 unspecified atom stereocenters. The molecule has 1 aromatic carbocycles. The second-order valence-electron chi connectivity index (χ2n) is 7.93. The van der Waals surface area contributed by atoms with E-state index in [1.54, 1.807) is 0 Å². The van der Waals surface area contributed by atoms with Crippen molar-refractivity contribution < 1.29 is 4.74 Å². The molecule has 0 aliphatic carbocycles. The first-order valence-electron chi connectivity index (χ1n) is 10.4. The van der Waals surface area contributed by atoms with Crippen molar-refractivity contribution in [2.45, 2.75) is 52.7 Å². The fourth-order valence-electron chi connectivity index (χ4n) is 3.10. The summed E-state index contributed by atoms with van der Waals surface area (Å²) in [7, 11) is 5.97. The first-order chi connectivity index (χ1) is 13.3. The first-order valence-corrected chi connectivity index (χ1v) is 10.4. The van der Waals surface area contributed by atoms with E-state index >= 15 is 0 Å². The van der Waals surface area contributed by atoms with Crippen LogP contribution in [0, 0.1) is 0 Å². The molecular formula is C22H41N5O. The highest BCUT2D eigenvalue weighted by atomic mass is 16.5. The van der Waals surface area contributed by atoms with E-state index in [0.717, 1.165) is 50.9 Å². The second kappa shape index (κ2) is 13.4. The summed E-state index contributed by atoms with van der Waals surface area (Å²) in [6.07, 6.45) is 1.03. The highest BCUT2D eigenvalue weighted by Gasteiger charge is 2.12. The lowest BCUT2D eigenvalue weighted by atomic mass is 10.2. The molecule has 160 valence electrons. The van der Waals surface area contributed by atoms with Crippen molar-refractivity contribution in [3.05, 3.63) is 29.8 Å². The van der Waals surface area contributed by atoms with Crippen LogP contribution in [-0.2, 0) is 6.54 Å². The summed E-state index contributed by atoms with van der Waals surface area (Å²) in [5.41, 5.74) is 1.20. The van der Waals surface area contributed by atoms with Gasteiger partial charge in [-0.15, -0.1) is 0 Å². The maximum Gasteiger partial charge on any atom is 0.191 e. The van der Waals surface area contributed by atoms with Gasteiger partial charge in [-0.25, -0.2) is 0 Å².